The van der Waals surface area contributed by atoms with Gasteiger partial charge in [-0.1, -0.05) is 62.4 Å². The third-order valence-electron chi connectivity index (χ3n) is 6.87. The number of piperidine rings is 1. The van der Waals surface area contributed by atoms with Gasteiger partial charge in [0.05, 0.1) is 6.54 Å². The predicted octanol–water partition coefficient (Wildman–Crippen LogP) is 3.21. The fourth-order valence-corrected chi connectivity index (χ4v) is 4.98. The van der Waals surface area contributed by atoms with Crippen LogP contribution in [0.15, 0.2) is 48.5 Å². The highest BCUT2D eigenvalue weighted by atomic mass is 16.5. The van der Waals surface area contributed by atoms with Crippen LogP contribution in [0.1, 0.15) is 43.7 Å². The Morgan fingerprint density at radius 2 is 1.57 bits per heavy atom. The zero-order valence-corrected chi connectivity index (χ0v) is 20.2. The highest BCUT2D eigenvalue weighted by Gasteiger charge is 2.30. The smallest absolute Gasteiger partial charge is 0.407 e. The van der Waals surface area contributed by atoms with Crippen molar-refractivity contribution in [2.45, 2.75) is 44.7 Å². The Balaban J connectivity index is 1.22. The number of benzene rings is 2. The lowest BCUT2D eigenvalue weighted by Gasteiger charge is -2.32. The molecule has 4 rings (SSSR count). The van der Waals surface area contributed by atoms with E-state index in [-0.39, 0.29) is 36.9 Å². The number of amides is 2. The number of rotatable bonds is 8. The van der Waals surface area contributed by atoms with Gasteiger partial charge in [0.2, 0.25) is 5.91 Å². The van der Waals surface area contributed by atoms with Crippen LogP contribution in [-0.4, -0.2) is 66.3 Å². The Morgan fingerprint density at radius 3 is 2.11 bits per heavy atom. The minimum atomic E-state index is -1.03. The molecule has 1 heterocycles. The average Bonchev–Trinajstić information content (AvgIpc) is 3.16. The first-order chi connectivity index (χ1) is 16.8. The van der Waals surface area contributed by atoms with Gasteiger partial charge in [-0.15, -0.1) is 0 Å². The minimum Gasteiger partial charge on any atom is -0.480 e. The van der Waals surface area contributed by atoms with E-state index in [0.29, 0.717) is 25.9 Å². The standard InChI is InChI=1S/C27H33N3O5/c1-17(2)25(26(32)33)29-24(31)15-30-13-11-18(12-14-30)28-27(34)35-16-23-21-9-5-3-7-19(21)20-8-4-6-10-22(20)23/h3-10,17-18,23,25H,11-16H2,1-2H3,(H,28,34)(H,29,31)(H,32,33). The second kappa shape index (κ2) is 10.9. The van der Waals surface area contributed by atoms with Crippen molar-refractivity contribution < 1.29 is 24.2 Å². The van der Waals surface area contributed by atoms with E-state index in [1.54, 1.807) is 13.8 Å². The van der Waals surface area contributed by atoms with Crippen molar-refractivity contribution in [2.24, 2.45) is 5.92 Å². The number of likely N-dealkylation sites (tertiary alicyclic amines) is 1. The number of nitrogens with zero attached hydrogens (tertiary/aromatic N) is 1. The molecule has 8 heteroatoms. The molecule has 2 aromatic rings. The lowest BCUT2D eigenvalue weighted by molar-refractivity contribution is -0.143. The van der Waals surface area contributed by atoms with Gasteiger partial charge in [0.15, 0.2) is 0 Å². The largest absolute Gasteiger partial charge is 0.480 e. The van der Waals surface area contributed by atoms with E-state index in [1.165, 1.54) is 22.3 Å². The summed E-state index contributed by atoms with van der Waals surface area (Å²) in [4.78, 5) is 38.1. The summed E-state index contributed by atoms with van der Waals surface area (Å²) in [6.45, 7) is 5.23. The Bertz CT molecular complexity index is 1030. The van der Waals surface area contributed by atoms with Crippen LogP contribution < -0.4 is 10.6 Å². The lowest BCUT2D eigenvalue weighted by Crippen LogP contribution is -2.51. The van der Waals surface area contributed by atoms with Gasteiger partial charge in [0.25, 0.3) is 0 Å². The van der Waals surface area contributed by atoms with Crippen LogP contribution in [0, 0.1) is 5.92 Å². The fraction of sp³-hybridized carbons (Fsp3) is 0.444. The summed E-state index contributed by atoms with van der Waals surface area (Å²) in [5.74, 6) is -1.49. The van der Waals surface area contributed by atoms with E-state index in [2.05, 4.69) is 34.9 Å². The van der Waals surface area contributed by atoms with Crippen LogP contribution in [0.3, 0.4) is 0 Å². The number of carbonyl (C=O) groups is 3. The van der Waals surface area contributed by atoms with E-state index < -0.39 is 18.1 Å². The first-order valence-corrected chi connectivity index (χ1v) is 12.2. The van der Waals surface area contributed by atoms with Crippen molar-refractivity contribution in [3.05, 3.63) is 59.7 Å². The minimum absolute atomic E-state index is 0.0209. The van der Waals surface area contributed by atoms with Crippen molar-refractivity contribution in [2.75, 3.05) is 26.2 Å². The number of ether oxygens (including phenoxy) is 1. The molecule has 1 saturated heterocycles. The first-order valence-electron chi connectivity index (χ1n) is 12.2. The van der Waals surface area contributed by atoms with Crippen molar-refractivity contribution in [3.8, 4) is 11.1 Å². The van der Waals surface area contributed by atoms with Gasteiger partial charge in [-0.2, -0.15) is 0 Å². The third kappa shape index (κ3) is 5.82. The Hall–Kier alpha value is -3.39. The number of hydrogen-bond acceptors (Lipinski definition) is 5. The van der Waals surface area contributed by atoms with E-state index in [0.717, 1.165) is 0 Å². The molecule has 0 bridgehead atoms. The summed E-state index contributed by atoms with van der Waals surface area (Å²) in [5.41, 5.74) is 4.74. The molecule has 1 aliphatic carbocycles. The van der Waals surface area contributed by atoms with E-state index in [4.69, 9.17) is 4.74 Å². The van der Waals surface area contributed by atoms with Crippen molar-refractivity contribution in [1.82, 2.24) is 15.5 Å². The molecule has 1 aliphatic heterocycles. The van der Waals surface area contributed by atoms with Crippen molar-refractivity contribution in [1.29, 1.82) is 0 Å². The maximum Gasteiger partial charge on any atom is 0.407 e. The van der Waals surface area contributed by atoms with Gasteiger partial charge < -0.3 is 20.5 Å². The van der Waals surface area contributed by atoms with Crippen LogP contribution in [0.5, 0.6) is 0 Å². The quantitative estimate of drug-likeness (QED) is 0.537. The third-order valence-corrected chi connectivity index (χ3v) is 6.87. The Labute approximate surface area is 205 Å². The molecule has 1 unspecified atom stereocenters. The molecule has 0 saturated carbocycles. The lowest BCUT2D eigenvalue weighted by atomic mass is 9.98. The van der Waals surface area contributed by atoms with E-state index in [1.807, 2.05) is 29.2 Å². The average molecular weight is 480 g/mol. The molecule has 0 aromatic heterocycles. The van der Waals surface area contributed by atoms with Crippen LogP contribution in [0.25, 0.3) is 11.1 Å². The zero-order chi connectivity index (χ0) is 24.9. The van der Waals surface area contributed by atoms with Crippen molar-refractivity contribution >= 4 is 18.0 Å². The summed E-state index contributed by atoms with van der Waals surface area (Å²) in [6, 6.07) is 15.5. The second-order valence-corrected chi connectivity index (χ2v) is 9.65. The van der Waals surface area contributed by atoms with Gasteiger partial charge in [-0.25, -0.2) is 9.59 Å². The van der Waals surface area contributed by atoms with Crippen LogP contribution in [0.2, 0.25) is 0 Å². The summed E-state index contributed by atoms with van der Waals surface area (Å²) < 4.78 is 5.64. The van der Waals surface area contributed by atoms with E-state index in [9.17, 15) is 19.5 Å². The SMILES string of the molecule is CC(C)C(NC(=O)CN1CCC(NC(=O)OCC2c3ccccc3-c3ccccc32)CC1)C(=O)O. The molecule has 2 aromatic carbocycles. The monoisotopic (exact) mass is 479 g/mol. The van der Waals surface area contributed by atoms with Crippen molar-refractivity contribution in [3.63, 3.8) is 0 Å². The summed E-state index contributed by atoms with van der Waals surface area (Å²) in [5, 5.41) is 14.8. The molecular weight excluding hydrogens is 446 g/mol. The Morgan fingerprint density at radius 1 is 1.00 bits per heavy atom. The fourth-order valence-electron chi connectivity index (χ4n) is 4.98. The molecule has 35 heavy (non-hydrogen) atoms. The summed E-state index contributed by atoms with van der Waals surface area (Å²) in [6.07, 6.45) is 0.970. The topological polar surface area (TPSA) is 108 Å². The number of hydrogen-bond donors (Lipinski definition) is 3. The summed E-state index contributed by atoms with van der Waals surface area (Å²) >= 11 is 0. The molecule has 1 fully saturated rings. The first kappa shape index (κ1) is 24.7. The van der Waals surface area contributed by atoms with Crippen LogP contribution in [0.4, 0.5) is 4.79 Å². The number of carboxylic acid groups (broad SMARTS) is 1. The maximum atomic E-state index is 12.5. The number of carboxylic acids is 1. The number of alkyl carbamates (subject to hydrolysis) is 1. The molecule has 2 amide bonds. The Kier molecular flexibility index (Phi) is 7.70. The van der Waals surface area contributed by atoms with Gasteiger partial charge in [0.1, 0.15) is 12.6 Å². The second-order valence-electron chi connectivity index (χ2n) is 9.65. The summed E-state index contributed by atoms with van der Waals surface area (Å²) in [7, 11) is 0. The highest BCUT2D eigenvalue weighted by molar-refractivity contribution is 5.85. The van der Waals surface area contributed by atoms with Gasteiger partial charge in [0, 0.05) is 25.0 Å². The molecule has 186 valence electrons. The molecular formula is C27H33N3O5. The molecule has 1 atom stereocenters. The van der Waals surface area contributed by atoms with Crippen LogP contribution in [-0.2, 0) is 14.3 Å². The molecule has 0 spiro atoms. The molecule has 3 N–H and O–H groups in total. The normalized spacial score (nSPS) is 16.9. The van der Waals surface area contributed by atoms with Crippen LogP contribution >= 0.6 is 0 Å². The molecule has 8 nitrogen and oxygen atoms in total. The van der Waals surface area contributed by atoms with E-state index >= 15 is 0 Å². The van der Waals surface area contributed by atoms with Gasteiger partial charge >= 0.3 is 12.1 Å². The number of fused-ring (bicyclic) bond motifs is 3. The molecule has 0 radical (unpaired) electrons. The van der Waals surface area contributed by atoms with Gasteiger partial charge in [-0.05, 0) is 41.0 Å². The predicted molar refractivity (Wildman–Crippen MR) is 132 cm³/mol. The number of aliphatic carboxylic acids is 1. The number of nitrogens with one attached hydrogen (secondary N) is 2. The molecule has 2 aliphatic rings. The maximum absolute atomic E-state index is 12.5. The number of carbonyl (C=O) groups excluding carboxylic acids is 2. The van der Waals surface area contributed by atoms with Gasteiger partial charge in [-0.3, -0.25) is 9.69 Å². The highest BCUT2D eigenvalue weighted by Crippen LogP contribution is 2.44. The zero-order valence-electron chi connectivity index (χ0n) is 20.2.